The quantitative estimate of drug-likeness (QED) is 0.396. The van der Waals surface area contributed by atoms with Crippen LogP contribution in [0.25, 0.3) is 0 Å². The average molecular weight is 417 g/mol. The molecule has 1 fully saturated rings. The minimum absolute atomic E-state index is 0.0279. The first-order valence-corrected chi connectivity index (χ1v) is 10.1. The van der Waals surface area contributed by atoms with E-state index in [0.29, 0.717) is 31.9 Å². The van der Waals surface area contributed by atoms with Crippen LogP contribution in [0.15, 0.2) is 66.0 Å². The number of hydrogen-bond acceptors (Lipinski definition) is 3. The van der Waals surface area contributed by atoms with Crippen LogP contribution in [-0.2, 0) is 10.7 Å². The van der Waals surface area contributed by atoms with Gasteiger partial charge in [0.1, 0.15) is 0 Å². The van der Waals surface area contributed by atoms with Gasteiger partial charge in [-0.1, -0.05) is 37.8 Å². The minimum atomic E-state index is -2.87. The number of hydrogen-bond donors (Lipinski definition) is 1. The lowest BCUT2D eigenvalue weighted by Gasteiger charge is -2.36. The standard InChI is InChI=1S/C23H30F2N4O/c1-5-8-20(27-19-11-9-18(10-12-19)23(4,24)25)22(26-13-6-2)29-16-14-28(15-17-29)21(30)7-3/h6-13,27H,3,5,14-17H2,1-2,4H3/b13-6-,20-8-,26-22+. The summed E-state index contributed by atoms with van der Waals surface area (Å²) in [5.41, 5.74) is 1.48. The third-order valence-electron chi connectivity index (χ3n) is 4.73. The molecule has 0 radical (unpaired) electrons. The predicted molar refractivity (Wildman–Crippen MR) is 119 cm³/mol. The first-order chi connectivity index (χ1) is 14.3. The molecule has 1 aromatic rings. The van der Waals surface area contributed by atoms with Gasteiger partial charge in [-0.05, 0) is 31.6 Å². The summed E-state index contributed by atoms with van der Waals surface area (Å²) in [4.78, 5) is 20.4. The smallest absolute Gasteiger partial charge is 0.270 e. The van der Waals surface area contributed by atoms with Gasteiger partial charge in [0.05, 0.1) is 5.70 Å². The lowest BCUT2D eigenvalue weighted by Crippen LogP contribution is -2.51. The first-order valence-electron chi connectivity index (χ1n) is 10.1. The van der Waals surface area contributed by atoms with Crippen molar-refractivity contribution in [3.63, 3.8) is 0 Å². The zero-order chi connectivity index (χ0) is 22.1. The maximum atomic E-state index is 13.5. The van der Waals surface area contributed by atoms with Crippen molar-refractivity contribution < 1.29 is 13.6 Å². The molecule has 1 heterocycles. The Kier molecular flexibility index (Phi) is 8.33. The Morgan fingerprint density at radius 1 is 1.20 bits per heavy atom. The number of nitrogens with zero attached hydrogens (tertiary/aromatic N) is 3. The summed E-state index contributed by atoms with van der Waals surface area (Å²) < 4.78 is 27.0. The van der Waals surface area contributed by atoms with Gasteiger partial charge < -0.3 is 15.1 Å². The zero-order valence-electron chi connectivity index (χ0n) is 17.9. The number of halogens is 2. The van der Waals surface area contributed by atoms with Crippen LogP contribution in [0.5, 0.6) is 0 Å². The van der Waals surface area contributed by atoms with Gasteiger partial charge >= 0.3 is 0 Å². The number of allylic oxidation sites excluding steroid dienone is 2. The number of anilines is 1. The van der Waals surface area contributed by atoms with Crippen molar-refractivity contribution in [3.8, 4) is 0 Å². The number of nitrogens with one attached hydrogen (secondary N) is 1. The van der Waals surface area contributed by atoms with Gasteiger partial charge in [-0.2, -0.15) is 0 Å². The highest BCUT2D eigenvalue weighted by atomic mass is 19.3. The Balaban J connectivity index is 2.23. The SMILES string of the molecule is C=CC(=O)N1CCN(C(=N/C=C\C)/C(=C/CC)Nc2ccc(C(C)(F)F)cc2)CC1. The number of benzene rings is 1. The molecule has 1 aliphatic rings. The Bertz CT molecular complexity index is 815. The van der Waals surface area contributed by atoms with E-state index < -0.39 is 5.92 Å². The molecule has 162 valence electrons. The molecule has 1 aliphatic heterocycles. The molecule has 7 heteroatoms. The molecule has 0 aliphatic carbocycles. The van der Waals surface area contributed by atoms with E-state index >= 15 is 0 Å². The Labute approximate surface area is 177 Å². The number of aliphatic imine (C=N–C) groups is 1. The van der Waals surface area contributed by atoms with Gasteiger partial charge in [0.15, 0.2) is 5.84 Å². The second-order valence-corrected chi connectivity index (χ2v) is 7.07. The topological polar surface area (TPSA) is 47.9 Å². The number of carbonyl (C=O) groups excluding carboxylic acids is 1. The summed E-state index contributed by atoms with van der Waals surface area (Å²) in [5, 5.41) is 3.32. The van der Waals surface area contributed by atoms with Crippen molar-refractivity contribution in [1.29, 1.82) is 0 Å². The van der Waals surface area contributed by atoms with E-state index in [1.54, 1.807) is 23.2 Å². The maximum absolute atomic E-state index is 13.5. The number of amides is 1. The van der Waals surface area contributed by atoms with Gasteiger partial charge in [0.2, 0.25) is 5.91 Å². The largest absolute Gasteiger partial charge is 0.353 e. The van der Waals surface area contributed by atoms with Crippen LogP contribution >= 0.6 is 0 Å². The van der Waals surface area contributed by atoms with Gasteiger partial charge in [0, 0.05) is 50.6 Å². The summed E-state index contributed by atoms with van der Waals surface area (Å²) in [6, 6.07) is 6.14. The van der Waals surface area contributed by atoms with Crippen molar-refractivity contribution in [2.75, 3.05) is 31.5 Å². The van der Waals surface area contributed by atoms with E-state index in [4.69, 9.17) is 0 Å². The molecule has 1 saturated heterocycles. The number of piperazine rings is 1. The van der Waals surface area contributed by atoms with E-state index in [2.05, 4.69) is 21.8 Å². The van der Waals surface area contributed by atoms with Crippen molar-refractivity contribution in [2.24, 2.45) is 4.99 Å². The molecule has 1 N–H and O–H groups in total. The molecule has 5 nitrogen and oxygen atoms in total. The van der Waals surface area contributed by atoms with Gasteiger partial charge in [-0.25, -0.2) is 13.8 Å². The molecule has 2 rings (SSSR count). The van der Waals surface area contributed by atoms with Crippen LogP contribution in [0.2, 0.25) is 0 Å². The van der Waals surface area contributed by atoms with Crippen LogP contribution in [0, 0.1) is 0 Å². The second-order valence-electron chi connectivity index (χ2n) is 7.07. The third kappa shape index (κ3) is 6.27. The predicted octanol–water partition coefficient (Wildman–Crippen LogP) is 4.77. The van der Waals surface area contributed by atoms with Crippen LogP contribution < -0.4 is 5.32 Å². The van der Waals surface area contributed by atoms with E-state index in [0.717, 1.165) is 24.9 Å². The molecular weight excluding hydrogens is 386 g/mol. The molecule has 1 aromatic carbocycles. The molecular formula is C23H30F2N4O. The van der Waals surface area contributed by atoms with Crippen molar-refractivity contribution >= 4 is 17.4 Å². The normalized spacial score (nSPS) is 16.2. The Morgan fingerprint density at radius 3 is 2.30 bits per heavy atom. The summed E-state index contributed by atoms with van der Waals surface area (Å²) >= 11 is 0. The van der Waals surface area contributed by atoms with E-state index in [-0.39, 0.29) is 11.5 Å². The van der Waals surface area contributed by atoms with Crippen LogP contribution in [0.1, 0.15) is 32.8 Å². The highest BCUT2D eigenvalue weighted by Gasteiger charge is 2.25. The Hall–Kier alpha value is -2.96. The van der Waals surface area contributed by atoms with Crippen LogP contribution in [0.4, 0.5) is 14.5 Å². The lowest BCUT2D eigenvalue weighted by molar-refractivity contribution is -0.127. The van der Waals surface area contributed by atoms with Gasteiger partial charge in [-0.15, -0.1) is 0 Å². The fourth-order valence-corrected chi connectivity index (χ4v) is 3.14. The fraction of sp³-hybridized carbons (Fsp3) is 0.391. The monoisotopic (exact) mass is 416 g/mol. The first kappa shape index (κ1) is 23.3. The molecule has 0 aromatic heterocycles. The highest BCUT2D eigenvalue weighted by Crippen LogP contribution is 2.28. The second kappa shape index (κ2) is 10.7. The van der Waals surface area contributed by atoms with E-state index in [1.165, 1.54) is 18.2 Å². The van der Waals surface area contributed by atoms with Gasteiger partial charge in [0.25, 0.3) is 5.92 Å². The third-order valence-corrected chi connectivity index (χ3v) is 4.73. The fourth-order valence-electron chi connectivity index (χ4n) is 3.14. The van der Waals surface area contributed by atoms with Crippen LogP contribution in [-0.4, -0.2) is 47.7 Å². The minimum Gasteiger partial charge on any atom is -0.353 e. The molecule has 0 unspecified atom stereocenters. The lowest BCUT2D eigenvalue weighted by atomic mass is 10.1. The maximum Gasteiger partial charge on any atom is 0.270 e. The molecule has 0 saturated carbocycles. The van der Waals surface area contributed by atoms with Gasteiger partial charge in [-0.3, -0.25) is 4.79 Å². The number of carbonyl (C=O) groups is 1. The molecule has 30 heavy (non-hydrogen) atoms. The van der Waals surface area contributed by atoms with E-state index in [9.17, 15) is 13.6 Å². The Morgan fingerprint density at radius 2 is 1.80 bits per heavy atom. The highest BCUT2D eigenvalue weighted by molar-refractivity contribution is 6.01. The zero-order valence-corrected chi connectivity index (χ0v) is 17.9. The van der Waals surface area contributed by atoms with Crippen LogP contribution in [0.3, 0.4) is 0 Å². The summed E-state index contributed by atoms with van der Waals surface area (Å²) in [6.45, 7) is 10.8. The number of amidine groups is 1. The van der Waals surface area contributed by atoms with Crippen molar-refractivity contribution in [2.45, 2.75) is 33.1 Å². The number of rotatable bonds is 7. The van der Waals surface area contributed by atoms with Crippen molar-refractivity contribution in [3.05, 3.63) is 66.5 Å². The number of alkyl halides is 2. The average Bonchev–Trinajstić information content (AvgIpc) is 2.73. The summed E-state index contributed by atoms with van der Waals surface area (Å²) in [6.07, 6.45) is 7.70. The summed E-state index contributed by atoms with van der Waals surface area (Å²) in [7, 11) is 0. The van der Waals surface area contributed by atoms with Crippen molar-refractivity contribution in [1.82, 2.24) is 9.80 Å². The molecule has 0 bridgehead atoms. The van der Waals surface area contributed by atoms with E-state index in [1.807, 2.05) is 26.0 Å². The molecule has 0 spiro atoms. The molecule has 0 atom stereocenters. The summed E-state index contributed by atoms with van der Waals surface area (Å²) in [5.74, 6) is -2.19. The molecule has 1 amide bonds.